The average Bonchev–Trinajstić information content (AvgIpc) is 3.52. The molecule has 206 valence electrons. The molecule has 0 fully saturated rings. The number of hydrogen-bond donors (Lipinski definition) is 2. The van der Waals surface area contributed by atoms with Crippen molar-refractivity contribution in [2.75, 3.05) is 18.4 Å². The van der Waals surface area contributed by atoms with E-state index in [0.29, 0.717) is 41.7 Å². The fourth-order valence-corrected chi connectivity index (χ4v) is 5.08. The number of anilines is 1. The molecule has 0 unspecified atom stereocenters. The van der Waals surface area contributed by atoms with Crippen molar-refractivity contribution >= 4 is 34.8 Å². The summed E-state index contributed by atoms with van der Waals surface area (Å²) in [5, 5.41) is 12.2. The number of carbonyl (C=O) groups is 1. The molecule has 0 saturated heterocycles. The Kier molecular flexibility index (Phi) is 7.56. The second-order valence-electron chi connectivity index (χ2n) is 10.1. The van der Waals surface area contributed by atoms with Gasteiger partial charge in [0.1, 0.15) is 28.3 Å². The molecule has 0 radical (unpaired) electrons. The number of benzene rings is 2. The van der Waals surface area contributed by atoms with Gasteiger partial charge in [0.05, 0.1) is 31.4 Å². The first-order valence-corrected chi connectivity index (χ1v) is 13.3. The molecule has 0 spiro atoms. The Labute approximate surface area is 229 Å². The third-order valence-electron chi connectivity index (χ3n) is 5.97. The van der Waals surface area contributed by atoms with E-state index < -0.39 is 11.7 Å². The van der Waals surface area contributed by atoms with E-state index in [9.17, 15) is 9.18 Å². The molecule has 12 heteroatoms. The van der Waals surface area contributed by atoms with Crippen LogP contribution in [0.4, 0.5) is 15.0 Å². The molecule has 0 atom stereocenters. The Morgan fingerprint density at radius 1 is 1.28 bits per heavy atom. The molecule has 1 aliphatic rings. The summed E-state index contributed by atoms with van der Waals surface area (Å²) >= 11 is 1.18. The van der Waals surface area contributed by atoms with Gasteiger partial charge in [-0.1, -0.05) is 5.16 Å². The van der Waals surface area contributed by atoms with E-state index in [1.54, 1.807) is 12.3 Å². The minimum atomic E-state index is -0.560. The van der Waals surface area contributed by atoms with Crippen molar-refractivity contribution < 1.29 is 27.9 Å². The first-order chi connectivity index (χ1) is 18.7. The van der Waals surface area contributed by atoms with Gasteiger partial charge in [-0.05, 0) is 75.4 Å². The fourth-order valence-electron chi connectivity index (χ4n) is 4.31. The minimum absolute atomic E-state index is 0.306. The third kappa shape index (κ3) is 6.22. The van der Waals surface area contributed by atoms with E-state index in [1.807, 2.05) is 37.7 Å². The predicted molar refractivity (Wildman–Crippen MR) is 145 cm³/mol. The van der Waals surface area contributed by atoms with Gasteiger partial charge in [0.15, 0.2) is 11.4 Å². The number of rotatable bonds is 8. The molecule has 0 bridgehead atoms. The highest BCUT2D eigenvalue weighted by Gasteiger charge is 2.25. The van der Waals surface area contributed by atoms with E-state index in [-0.39, 0.29) is 5.82 Å². The normalized spacial score (nSPS) is 13.1. The van der Waals surface area contributed by atoms with Crippen LogP contribution in [0, 0.1) is 5.82 Å². The summed E-state index contributed by atoms with van der Waals surface area (Å²) < 4.78 is 41.2. The molecule has 2 N–H and O–H groups in total. The number of aromatic nitrogens is 3. The summed E-state index contributed by atoms with van der Waals surface area (Å²) in [6.45, 7) is 6.84. The maximum atomic E-state index is 13.8. The molecule has 1 amide bonds. The Morgan fingerprint density at radius 3 is 2.92 bits per heavy atom. The summed E-state index contributed by atoms with van der Waals surface area (Å²) in [5.74, 6) is 1.39. The largest absolute Gasteiger partial charge is 0.496 e. The SMILES string of the molecule is COc1ccc(F)cc1SNc1noc2cc(Cn3cc(CNC(=O)OC(C)(C)C)cn3)c3c(c12)OCCC3. The Bertz CT molecular complexity index is 1500. The summed E-state index contributed by atoms with van der Waals surface area (Å²) in [7, 11) is 1.54. The standard InChI is InChI=1S/C27H30FN5O5S/c1-27(2,3)37-26(34)29-12-16-13-30-33(14-16)15-17-10-21-23(24-19(17)6-5-9-36-24)25(31-38-21)32-39-22-11-18(28)7-8-20(22)35-4/h7-8,10-11,13-14H,5-6,9,12,15H2,1-4H3,(H,29,34)(H,31,32). The van der Waals surface area contributed by atoms with Gasteiger partial charge < -0.3 is 28.8 Å². The van der Waals surface area contributed by atoms with Crippen molar-refractivity contribution in [2.45, 2.75) is 57.2 Å². The molecule has 10 nitrogen and oxygen atoms in total. The number of carbonyl (C=O) groups excluding carboxylic acids is 1. The molecule has 4 aromatic rings. The predicted octanol–water partition coefficient (Wildman–Crippen LogP) is 5.69. The summed E-state index contributed by atoms with van der Waals surface area (Å²) in [6, 6.07) is 6.27. The number of alkyl carbamates (subject to hydrolysis) is 1. The van der Waals surface area contributed by atoms with Gasteiger partial charge in [0, 0.05) is 23.9 Å². The fraction of sp³-hybridized carbons (Fsp3) is 0.370. The van der Waals surface area contributed by atoms with Crippen LogP contribution in [-0.2, 0) is 24.2 Å². The smallest absolute Gasteiger partial charge is 0.407 e. The van der Waals surface area contributed by atoms with Crippen LogP contribution >= 0.6 is 11.9 Å². The van der Waals surface area contributed by atoms with Crippen molar-refractivity contribution in [3.8, 4) is 11.5 Å². The van der Waals surface area contributed by atoms with Crippen molar-refractivity contribution in [1.82, 2.24) is 20.3 Å². The molecule has 0 saturated carbocycles. The minimum Gasteiger partial charge on any atom is -0.496 e. The molecule has 2 aromatic heterocycles. The second-order valence-corrected chi connectivity index (χ2v) is 10.9. The molecule has 0 aliphatic carbocycles. The van der Waals surface area contributed by atoms with Crippen LogP contribution in [0.2, 0.25) is 0 Å². The van der Waals surface area contributed by atoms with Crippen LogP contribution in [0.1, 0.15) is 43.9 Å². The molecule has 3 heterocycles. The third-order valence-corrected chi connectivity index (χ3v) is 6.80. The van der Waals surface area contributed by atoms with Gasteiger partial charge in [-0.25, -0.2) is 9.18 Å². The van der Waals surface area contributed by atoms with Crippen LogP contribution in [0.5, 0.6) is 11.5 Å². The zero-order chi connectivity index (χ0) is 27.6. The lowest BCUT2D eigenvalue weighted by Gasteiger charge is -2.21. The van der Waals surface area contributed by atoms with Crippen LogP contribution in [0.3, 0.4) is 0 Å². The zero-order valence-corrected chi connectivity index (χ0v) is 23.0. The van der Waals surface area contributed by atoms with E-state index >= 15 is 0 Å². The van der Waals surface area contributed by atoms with Crippen LogP contribution in [0.15, 0.2) is 46.1 Å². The van der Waals surface area contributed by atoms with E-state index in [0.717, 1.165) is 40.7 Å². The Morgan fingerprint density at radius 2 is 2.13 bits per heavy atom. The molecule has 5 rings (SSSR count). The maximum absolute atomic E-state index is 13.8. The van der Waals surface area contributed by atoms with E-state index in [1.165, 1.54) is 31.2 Å². The molecule has 39 heavy (non-hydrogen) atoms. The van der Waals surface area contributed by atoms with E-state index in [4.69, 9.17) is 18.7 Å². The van der Waals surface area contributed by atoms with Crippen molar-refractivity contribution in [3.63, 3.8) is 0 Å². The average molecular weight is 556 g/mol. The lowest BCUT2D eigenvalue weighted by Crippen LogP contribution is -2.32. The van der Waals surface area contributed by atoms with Gasteiger partial charge in [-0.2, -0.15) is 5.10 Å². The van der Waals surface area contributed by atoms with Gasteiger partial charge in [0.2, 0.25) is 0 Å². The number of nitrogens with zero attached hydrogens (tertiary/aromatic N) is 3. The van der Waals surface area contributed by atoms with Gasteiger partial charge in [-0.15, -0.1) is 0 Å². The number of halogens is 1. The summed E-state index contributed by atoms with van der Waals surface area (Å²) in [6.07, 6.45) is 4.85. The summed E-state index contributed by atoms with van der Waals surface area (Å²) in [5.41, 5.74) is 2.93. The first-order valence-electron chi connectivity index (χ1n) is 12.5. The van der Waals surface area contributed by atoms with Gasteiger partial charge in [-0.3, -0.25) is 4.68 Å². The number of nitrogens with one attached hydrogen (secondary N) is 2. The number of ether oxygens (including phenoxy) is 3. The Balaban J connectivity index is 1.35. The van der Waals surface area contributed by atoms with Crippen LogP contribution < -0.4 is 19.5 Å². The first kappa shape index (κ1) is 26.7. The highest BCUT2D eigenvalue weighted by atomic mass is 32.2. The van der Waals surface area contributed by atoms with E-state index in [2.05, 4.69) is 20.3 Å². The molecule has 1 aliphatic heterocycles. The van der Waals surface area contributed by atoms with Crippen LogP contribution in [-0.4, -0.2) is 40.3 Å². The molecule has 2 aromatic carbocycles. The number of amides is 1. The Hall–Kier alpha value is -3.93. The monoisotopic (exact) mass is 555 g/mol. The maximum Gasteiger partial charge on any atom is 0.407 e. The lowest BCUT2D eigenvalue weighted by molar-refractivity contribution is 0.0523. The number of methoxy groups -OCH3 is 1. The number of fused-ring (bicyclic) bond motifs is 3. The van der Waals surface area contributed by atoms with Crippen molar-refractivity contribution in [3.05, 3.63) is 59.2 Å². The number of hydrogen-bond acceptors (Lipinski definition) is 9. The van der Waals surface area contributed by atoms with Gasteiger partial charge in [0.25, 0.3) is 0 Å². The second kappa shape index (κ2) is 11.0. The highest BCUT2D eigenvalue weighted by Crippen LogP contribution is 2.42. The summed E-state index contributed by atoms with van der Waals surface area (Å²) in [4.78, 5) is 12.5. The quantitative estimate of drug-likeness (QED) is 0.265. The van der Waals surface area contributed by atoms with Crippen molar-refractivity contribution in [2.24, 2.45) is 0 Å². The van der Waals surface area contributed by atoms with Crippen molar-refractivity contribution in [1.29, 1.82) is 0 Å². The highest BCUT2D eigenvalue weighted by molar-refractivity contribution is 8.00. The lowest BCUT2D eigenvalue weighted by atomic mass is 9.97. The van der Waals surface area contributed by atoms with Gasteiger partial charge >= 0.3 is 6.09 Å². The molecular weight excluding hydrogens is 525 g/mol. The topological polar surface area (TPSA) is 113 Å². The van der Waals surface area contributed by atoms with Crippen LogP contribution in [0.25, 0.3) is 11.0 Å². The zero-order valence-electron chi connectivity index (χ0n) is 22.2. The molecular formula is C27H30FN5O5S.